The maximum absolute atomic E-state index is 13.9. The molecular weight excluding hydrogens is 449 g/mol. The van der Waals surface area contributed by atoms with E-state index in [-0.39, 0.29) is 28.3 Å². The number of aromatic nitrogens is 4. The van der Waals surface area contributed by atoms with Gasteiger partial charge in [-0.05, 0) is 44.0 Å². The number of nitrogens with one attached hydrogen (secondary N) is 3. The summed E-state index contributed by atoms with van der Waals surface area (Å²) in [4.78, 5) is 41.0. The summed E-state index contributed by atoms with van der Waals surface area (Å²) in [7, 11) is 0. The van der Waals surface area contributed by atoms with Crippen LogP contribution in [0.25, 0.3) is 12.2 Å². The number of imidazole rings is 1. The molecule has 0 spiro atoms. The number of ether oxygens (including phenoxy) is 1. The first kappa shape index (κ1) is 24.8. The molecule has 1 aromatic carbocycles. The van der Waals surface area contributed by atoms with Crippen LogP contribution in [0.4, 0.5) is 4.39 Å². The van der Waals surface area contributed by atoms with Gasteiger partial charge in [-0.3, -0.25) is 14.5 Å². The summed E-state index contributed by atoms with van der Waals surface area (Å²) in [5.74, 6) is 0.531. The van der Waals surface area contributed by atoms with E-state index in [1.807, 2.05) is 13.8 Å². The molecule has 8 nitrogen and oxygen atoms in total. The Morgan fingerprint density at radius 2 is 1.86 bits per heavy atom. The number of H-pyrrole nitrogens is 3. The van der Waals surface area contributed by atoms with E-state index >= 15 is 0 Å². The molecular formula is C26H32FN5O3. The molecule has 0 saturated carbocycles. The third-order valence-corrected chi connectivity index (χ3v) is 6.07. The van der Waals surface area contributed by atoms with E-state index in [1.165, 1.54) is 18.2 Å². The van der Waals surface area contributed by atoms with Gasteiger partial charge in [0.25, 0.3) is 11.1 Å². The van der Waals surface area contributed by atoms with Crippen molar-refractivity contribution in [1.82, 2.24) is 24.8 Å². The summed E-state index contributed by atoms with van der Waals surface area (Å²) in [6, 6.07) is 6.05. The van der Waals surface area contributed by atoms with E-state index in [2.05, 4.69) is 26.8 Å². The summed E-state index contributed by atoms with van der Waals surface area (Å²) in [5.41, 5.74) is 0.758. The highest BCUT2D eigenvalue weighted by Crippen LogP contribution is 2.18. The standard InChI is InChI=1S/C26H32FN5O3/c1-16(2)24-20(28-23(31-24)9-6-10-32-11-12-35-17(3)15-32)14-22-26(34)29-21(25(33)30-22)13-18-7-4-5-8-19(18)27/h4-5,7-8,13-14,16-17H,6,9-12,15H2,1-3H3,(H,28,31)(H,29,34)(H,30,33). The highest BCUT2D eigenvalue weighted by molar-refractivity contribution is 5.49. The quantitative estimate of drug-likeness (QED) is 0.473. The van der Waals surface area contributed by atoms with Crippen LogP contribution >= 0.6 is 0 Å². The Morgan fingerprint density at radius 1 is 1.14 bits per heavy atom. The second-order valence-electron chi connectivity index (χ2n) is 9.27. The van der Waals surface area contributed by atoms with E-state index < -0.39 is 16.9 Å². The van der Waals surface area contributed by atoms with Crippen molar-refractivity contribution >= 4 is 12.2 Å². The zero-order valence-electron chi connectivity index (χ0n) is 20.4. The molecule has 3 N–H and O–H groups in total. The van der Waals surface area contributed by atoms with Gasteiger partial charge in [-0.15, -0.1) is 0 Å². The molecule has 0 aliphatic carbocycles. The first-order valence-corrected chi connectivity index (χ1v) is 12.0. The Balaban J connectivity index is 1.58. The van der Waals surface area contributed by atoms with Gasteiger partial charge >= 0.3 is 0 Å². The minimum Gasteiger partial charge on any atom is -0.376 e. The average molecular weight is 482 g/mol. The van der Waals surface area contributed by atoms with Crippen LogP contribution < -0.4 is 21.8 Å². The van der Waals surface area contributed by atoms with E-state index in [0.717, 1.165) is 50.6 Å². The molecule has 35 heavy (non-hydrogen) atoms. The fourth-order valence-corrected chi connectivity index (χ4v) is 4.27. The smallest absolute Gasteiger partial charge is 0.272 e. The van der Waals surface area contributed by atoms with Crippen molar-refractivity contribution in [2.75, 3.05) is 26.2 Å². The maximum atomic E-state index is 13.9. The van der Waals surface area contributed by atoms with Gasteiger partial charge in [0.15, 0.2) is 0 Å². The number of benzene rings is 1. The number of hydrogen-bond donors (Lipinski definition) is 3. The molecule has 9 heteroatoms. The van der Waals surface area contributed by atoms with E-state index in [9.17, 15) is 14.0 Å². The largest absolute Gasteiger partial charge is 0.376 e. The van der Waals surface area contributed by atoms with Crippen LogP contribution in [0.1, 0.15) is 55.9 Å². The molecule has 186 valence electrons. The predicted octanol–water partition coefficient (Wildman–Crippen LogP) is 1.36. The van der Waals surface area contributed by atoms with Gasteiger partial charge in [0.05, 0.1) is 18.4 Å². The number of aromatic amines is 3. The van der Waals surface area contributed by atoms with Crippen LogP contribution in [-0.2, 0) is 11.2 Å². The number of halogens is 1. The monoisotopic (exact) mass is 481 g/mol. The summed E-state index contributed by atoms with van der Waals surface area (Å²) < 4.78 is 19.5. The van der Waals surface area contributed by atoms with Crippen LogP contribution in [0.3, 0.4) is 0 Å². The molecule has 4 rings (SSSR count). The third kappa shape index (κ3) is 6.23. The van der Waals surface area contributed by atoms with Crippen molar-refractivity contribution in [2.45, 2.75) is 45.6 Å². The lowest BCUT2D eigenvalue weighted by Crippen LogP contribution is -2.46. The van der Waals surface area contributed by atoms with Crippen molar-refractivity contribution < 1.29 is 9.13 Å². The lowest BCUT2D eigenvalue weighted by Gasteiger charge is -2.30. The highest BCUT2D eigenvalue weighted by Gasteiger charge is 2.17. The van der Waals surface area contributed by atoms with Gasteiger partial charge in [0.1, 0.15) is 22.3 Å². The number of hydrogen-bond acceptors (Lipinski definition) is 5. The molecule has 0 bridgehead atoms. The first-order chi connectivity index (χ1) is 16.8. The van der Waals surface area contributed by atoms with Crippen LogP contribution in [0.2, 0.25) is 0 Å². The second-order valence-corrected chi connectivity index (χ2v) is 9.27. The van der Waals surface area contributed by atoms with Crippen LogP contribution in [0, 0.1) is 5.82 Å². The van der Waals surface area contributed by atoms with Gasteiger partial charge in [0.2, 0.25) is 0 Å². The van der Waals surface area contributed by atoms with Crippen LogP contribution in [-0.4, -0.2) is 57.2 Å². The Morgan fingerprint density at radius 3 is 2.54 bits per heavy atom. The summed E-state index contributed by atoms with van der Waals surface area (Å²) in [5, 5.41) is 0.0874. The SMILES string of the molecule is CC1CN(CCCc2nc(C=c3[nH]c(=O)c(=Cc4ccccc4F)[nH]c3=O)c(C(C)C)[nH]2)CCO1. The Kier molecular flexibility index (Phi) is 7.77. The second kappa shape index (κ2) is 11.0. The summed E-state index contributed by atoms with van der Waals surface area (Å²) >= 11 is 0. The van der Waals surface area contributed by atoms with Crippen LogP contribution in [0.15, 0.2) is 33.9 Å². The Hall–Kier alpha value is -3.30. The maximum Gasteiger partial charge on any atom is 0.272 e. The van der Waals surface area contributed by atoms with Gasteiger partial charge in [0, 0.05) is 30.8 Å². The molecule has 0 amide bonds. The molecule has 2 aromatic heterocycles. The highest BCUT2D eigenvalue weighted by atomic mass is 19.1. The predicted molar refractivity (Wildman–Crippen MR) is 133 cm³/mol. The average Bonchev–Trinajstić information content (AvgIpc) is 3.21. The third-order valence-electron chi connectivity index (χ3n) is 6.07. The molecule has 1 unspecified atom stereocenters. The number of rotatable bonds is 7. The number of morpholine rings is 1. The lowest BCUT2D eigenvalue weighted by molar-refractivity contribution is -0.0184. The Bertz CT molecular complexity index is 1410. The minimum atomic E-state index is -0.513. The minimum absolute atomic E-state index is 0.0125. The molecule has 1 aliphatic heterocycles. The van der Waals surface area contributed by atoms with Gasteiger partial charge in [-0.1, -0.05) is 32.0 Å². The summed E-state index contributed by atoms with van der Waals surface area (Å²) in [6.07, 6.45) is 4.90. The van der Waals surface area contributed by atoms with E-state index in [1.54, 1.807) is 18.2 Å². The Labute approximate surface area is 202 Å². The number of nitrogens with zero attached hydrogens (tertiary/aromatic N) is 2. The molecule has 0 radical (unpaired) electrons. The fraction of sp³-hybridized carbons (Fsp3) is 0.423. The molecule has 3 heterocycles. The topological polar surface area (TPSA) is 107 Å². The van der Waals surface area contributed by atoms with E-state index in [0.29, 0.717) is 5.69 Å². The fourth-order valence-electron chi connectivity index (χ4n) is 4.27. The van der Waals surface area contributed by atoms with Gasteiger partial charge in [-0.25, -0.2) is 9.37 Å². The van der Waals surface area contributed by atoms with Gasteiger partial charge < -0.3 is 19.7 Å². The number of aryl methyl sites for hydroxylation is 1. The molecule has 1 fully saturated rings. The van der Waals surface area contributed by atoms with Crippen LogP contribution in [0.5, 0.6) is 0 Å². The zero-order chi connectivity index (χ0) is 24.9. The van der Waals surface area contributed by atoms with Crippen molar-refractivity contribution in [3.8, 4) is 0 Å². The van der Waals surface area contributed by atoms with Crippen molar-refractivity contribution in [2.24, 2.45) is 0 Å². The van der Waals surface area contributed by atoms with Gasteiger partial charge in [-0.2, -0.15) is 0 Å². The summed E-state index contributed by atoms with van der Waals surface area (Å²) in [6.45, 7) is 9.80. The molecule has 1 aliphatic rings. The van der Waals surface area contributed by atoms with Crippen molar-refractivity contribution in [3.05, 3.63) is 84.3 Å². The normalized spacial score (nSPS) is 18.0. The first-order valence-electron chi connectivity index (χ1n) is 12.0. The molecule has 1 saturated heterocycles. The zero-order valence-corrected chi connectivity index (χ0v) is 20.4. The van der Waals surface area contributed by atoms with Crippen molar-refractivity contribution in [3.63, 3.8) is 0 Å². The van der Waals surface area contributed by atoms with E-state index in [4.69, 9.17) is 9.72 Å². The molecule has 1 atom stereocenters. The lowest BCUT2D eigenvalue weighted by atomic mass is 10.1. The molecule has 3 aromatic rings. The van der Waals surface area contributed by atoms with Crippen molar-refractivity contribution in [1.29, 1.82) is 0 Å².